The maximum absolute atomic E-state index is 12.6. The third kappa shape index (κ3) is 7.06. The molecule has 33 heavy (non-hydrogen) atoms. The summed E-state index contributed by atoms with van der Waals surface area (Å²) >= 11 is 3.39. The van der Waals surface area contributed by atoms with Crippen LogP contribution in [0.15, 0.2) is 76.8 Å². The highest BCUT2D eigenvalue weighted by atomic mass is 79.9. The van der Waals surface area contributed by atoms with Crippen LogP contribution in [0.25, 0.3) is 6.08 Å². The summed E-state index contributed by atoms with van der Waals surface area (Å²) < 4.78 is 6.43. The van der Waals surface area contributed by atoms with Crippen molar-refractivity contribution in [3.05, 3.63) is 93.5 Å². The van der Waals surface area contributed by atoms with Crippen LogP contribution in [0.3, 0.4) is 0 Å². The number of ether oxygens (including phenoxy) is 1. The molecule has 166 valence electrons. The second-order valence-electron chi connectivity index (χ2n) is 7.37. The van der Waals surface area contributed by atoms with E-state index in [9.17, 15) is 14.9 Å². The lowest BCUT2D eigenvalue weighted by Crippen LogP contribution is -2.20. The number of carbonyl (C=O) groups excluding carboxylic acids is 2. The zero-order chi connectivity index (χ0) is 23.8. The van der Waals surface area contributed by atoms with Gasteiger partial charge in [-0.3, -0.25) is 9.59 Å². The van der Waals surface area contributed by atoms with Crippen LogP contribution < -0.4 is 15.4 Å². The fourth-order valence-corrected chi connectivity index (χ4v) is 3.26. The molecule has 2 N–H and O–H groups in total. The zero-order valence-corrected chi connectivity index (χ0v) is 19.8. The van der Waals surface area contributed by atoms with E-state index in [1.165, 1.54) is 6.08 Å². The van der Waals surface area contributed by atoms with Crippen LogP contribution in [-0.4, -0.2) is 18.4 Å². The number of halogens is 1. The lowest BCUT2D eigenvalue weighted by atomic mass is 10.1. The Bertz CT molecular complexity index is 1230. The zero-order valence-electron chi connectivity index (χ0n) is 18.2. The number of carbonyl (C=O) groups is 2. The molecule has 0 bridgehead atoms. The van der Waals surface area contributed by atoms with E-state index < -0.39 is 5.91 Å². The van der Waals surface area contributed by atoms with Crippen molar-refractivity contribution < 1.29 is 14.3 Å². The van der Waals surface area contributed by atoms with Crippen molar-refractivity contribution in [2.24, 2.45) is 0 Å². The molecule has 0 saturated carbocycles. The summed E-state index contributed by atoms with van der Waals surface area (Å²) in [5.74, 6) is -0.494. The highest BCUT2D eigenvalue weighted by Gasteiger charge is 2.13. The third-order valence-electron chi connectivity index (χ3n) is 4.64. The first-order valence-electron chi connectivity index (χ1n) is 10.1. The largest absolute Gasteiger partial charge is 0.483 e. The summed E-state index contributed by atoms with van der Waals surface area (Å²) in [6.45, 7) is 3.68. The number of benzene rings is 3. The van der Waals surface area contributed by atoms with Gasteiger partial charge in [0, 0.05) is 21.4 Å². The fraction of sp³-hybridized carbons (Fsp3) is 0.115. The first-order valence-corrected chi connectivity index (χ1v) is 10.9. The van der Waals surface area contributed by atoms with Gasteiger partial charge in [-0.05, 0) is 62.4 Å². The van der Waals surface area contributed by atoms with Gasteiger partial charge in [0.25, 0.3) is 11.8 Å². The molecule has 7 heteroatoms. The topological polar surface area (TPSA) is 91.2 Å². The van der Waals surface area contributed by atoms with E-state index in [0.29, 0.717) is 22.7 Å². The Morgan fingerprint density at radius 1 is 0.939 bits per heavy atom. The molecule has 0 aliphatic rings. The molecule has 6 nitrogen and oxygen atoms in total. The molecular formula is C26H22BrN3O3. The van der Waals surface area contributed by atoms with Gasteiger partial charge >= 0.3 is 0 Å². The predicted octanol–water partition coefficient (Wildman–Crippen LogP) is 5.63. The number of anilines is 2. The molecule has 0 unspecified atom stereocenters. The highest BCUT2D eigenvalue weighted by molar-refractivity contribution is 9.10. The molecule has 0 aliphatic carbocycles. The molecule has 0 spiro atoms. The Labute approximate surface area is 201 Å². The second-order valence-corrected chi connectivity index (χ2v) is 8.29. The van der Waals surface area contributed by atoms with Crippen LogP contribution in [0.5, 0.6) is 5.75 Å². The summed E-state index contributed by atoms with van der Waals surface area (Å²) in [5.41, 5.74) is 3.81. The maximum Gasteiger partial charge on any atom is 0.266 e. The minimum Gasteiger partial charge on any atom is -0.483 e. The average molecular weight is 504 g/mol. The van der Waals surface area contributed by atoms with E-state index in [0.717, 1.165) is 15.6 Å². The quantitative estimate of drug-likeness (QED) is 0.322. The molecule has 3 rings (SSSR count). The van der Waals surface area contributed by atoms with Crippen molar-refractivity contribution in [1.82, 2.24) is 0 Å². The SMILES string of the molecule is Cc1ccc(NC(=O)COc2ccc(Br)cc2/C=C(\C#N)C(=O)Nc2ccc(C)cc2)cc1. The summed E-state index contributed by atoms with van der Waals surface area (Å²) in [5, 5.41) is 15.0. The predicted molar refractivity (Wildman–Crippen MR) is 133 cm³/mol. The minimum atomic E-state index is -0.538. The van der Waals surface area contributed by atoms with Gasteiger partial charge in [-0.1, -0.05) is 51.3 Å². The van der Waals surface area contributed by atoms with Crippen molar-refractivity contribution in [2.75, 3.05) is 17.2 Å². The Kier molecular flexibility index (Phi) is 8.01. The Balaban J connectivity index is 1.73. The number of aryl methyl sites for hydroxylation is 2. The number of rotatable bonds is 7. The summed E-state index contributed by atoms with van der Waals surface area (Å²) in [7, 11) is 0. The summed E-state index contributed by atoms with van der Waals surface area (Å²) in [6.07, 6.45) is 1.43. The standard InChI is InChI=1S/C26H22BrN3O3/c1-17-3-8-22(9-4-17)29-25(31)16-33-24-12-7-21(27)14-19(24)13-20(15-28)26(32)30-23-10-5-18(2)6-11-23/h3-14H,16H2,1-2H3,(H,29,31)(H,30,32)/b20-13+. The van der Waals surface area contributed by atoms with Crippen molar-refractivity contribution in [2.45, 2.75) is 13.8 Å². The number of nitrogens with zero attached hydrogens (tertiary/aromatic N) is 1. The van der Waals surface area contributed by atoms with Crippen LogP contribution >= 0.6 is 15.9 Å². The first-order chi connectivity index (χ1) is 15.8. The number of amides is 2. The molecule has 2 amide bonds. The van der Waals surface area contributed by atoms with Crippen LogP contribution in [0.1, 0.15) is 16.7 Å². The van der Waals surface area contributed by atoms with Crippen molar-refractivity contribution in [3.8, 4) is 11.8 Å². The minimum absolute atomic E-state index is 0.0948. The van der Waals surface area contributed by atoms with Gasteiger partial charge in [-0.15, -0.1) is 0 Å². The van der Waals surface area contributed by atoms with Crippen molar-refractivity contribution in [1.29, 1.82) is 5.26 Å². The number of nitriles is 1. The number of hydrogen-bond donors (Lipinski definition) is 2. The van der Waals surface area contributed by atoms with Gasteiger partial charge in [-0.25, -0.2) is 0 Å². The Morgan fingerprint density at radius 3 is 2.09 bits per heavy atom. The molecular weight excluding hydrogens is 482 g/mol. The third-order valence-corrected chi connectivity index (χ3v) is 5.13. The number of nitrogens with one attached hydrogen (secondary N) is 2. The van der Waals surface area contributed by atoms with Crippen molar-refractivity contribution >= 4 is 45.2 Å². The van der Waals surface area contributed by atoms with E-state index in [-0.39, 0.29) is 18.1 Å². The van der Waals surface area contributed by atoms with E-state index in [2.05, 4.69) is 26.6 Å². The lowest BCUT2D eigenvalue weighted by Gasteiger charge is -2.11. The lowest BCUT2D eigenvalue weighted by molar-refractivity contribution is -0.118. The molecule has 0 heterocycles. The molecule has 0 fully saturated rings. The van der Waals surface area contributed by atoms with Crippen LogP contribution in [0.4, 0.5) is 11.4 Å². The molecule has 0 atom stereocenters. The monoisotopic (exact) mass is 503 g/mol. The molecule has 0 radical (unpaired) electrons. The van der Waals surface area contributed by atoms with Crippen LogP contribution in [0, 0.1) is 25.2 Å². The van der Waals surface area contributed by atoms with E-state index in [1.54, 1.807) is 30.3 Å². The number of hydrogen-bond acceptors (Lipinski definition) is 4. The normalized spacial score (nSPS) is 10.8. The molecule has 3 aromatic carbocycles. The highest BCUT2D eigenvalue weighted by Crippen LogP contribution is 2.26. The average Bonchev–Trinajstić information content (AvgIpc) is 2.79. The Morgan fingerprint density at radius 2 is 1.52 bits per heavy atom. The van der Waals surface area contributed by atoms with Gasteiger partial charge < -0.3 is 15.4 Å². The molecule has 0 aliphatic heterocycles. The van der Waals surface area contributed by atoms with Crippen LogP contribution in [0.2, 0.25) is 0 Å². The van der Waals surface area contributed by atoms with Gasteiger partial charge in [0.05, 0.1) is 0 Å². The van der Waals surface area contributed by atoms with E-state index in [4.69, 9.17) is 4.74 Å². The van der Waals surface area contributed by atoms with Crippen molar-refractivity contribution in [3.63, 3.8) is 0 Å². The molecule has 0 saturated heterocycles. The smallest absolute Gasteiger partial charge is 0.266 e. The fourth-order valence-electron chi connectivity index (χ4n) is 2.88. The van der Waals surface area contributed by atoms with Gasteiger partial charge in [0.1, 0.15) is 17.4 Å². The maximum atomic E-state index is 12.6. The van der Waals surface area contributed by atoms with Crippen LogP contribution in [-0.2, 0) is 9.59 Å². The summed E-state index contributed by atoms with van der Waals surface area (Å²) in [4.78, 5) is 24.9. The van der Waals surface area contributed by atoms with E-state index >= 15 is 0 Å². The summed E-state index contributed by atoms with van der Waals surface area (Å²) in [6, 6.07) is 21.8. The molecule has 0 aromatic heterocycles. The van der Waals surface area contributed by atoms with Gasteiger partial charge in [0.2, 0.25) is 0 Å². The Hall–Kier alpha value is -3.89. The van der Waals surface area contributed by atoms with E-state index in [1.807, 2.05) is 56.3 Å². The second kappa shape index (κ2) is 11.1. The molecule has 3 aromatic rings. The van der Waals surface area contributed by atoms with Gasteiger partial charge in [-0.2, -0.15) is 5.26 Å². The van der Waals surface area contributed by atoms with Gasteiger partial charge in [0.15, 0.2) is 6.61 Å². The first kappa shape index (κ1) is 23.8.